The van der Waals surface area contributed by atoms with E-state index in [1.807, 2.05) is 46.2 Å². The smallest absolute Gasteiger partial charge is 0.294 e. The van der Waals surface area contributed by atoms with Crippen LogP contribution in [0.3, 0.4) is 0 Å². The summed E-state index contributed by atoms with van der Waals surface area (Å²) < 4.78 is 78.2. The molecule has 3 fully saturated rings. The standard InChI is InChI=1S/C65H75N17O12S5/c1-7-79(8-2)44-22-24-51(75-77-64-70-57(81-26-30-93-31-27-81)55(96-64)38-49(40(5)83)59(85)66-42-16-14-20-47(34-42)98(87,88)89)53(36-44)68-61-72-62(74-63(73-61)95-46-18-12-11-13-19-46)69-54-37-45(80(9-3)10-4)23-25-52(54)76-78-65-71-58(82-28-32-94-33-29-82)56(97-65)39-50(41(6)84)60(86)67-43-17-15-21-48(35-43)99(90,91)92/h14-17,20-25,34-39,46H,7-13,18-19,26-33H2,1-6H3,(H,66,85)(H,67,86)(H,87,88,89)(H,90,91,92)(H2,68,69,72,73,74). The number of hydrogen-bond donors (Lipinski definition) is 6. The molecule has 522 valence electrons. The van der Waals surface area contributed by atoms with Gasteiger partial charge in [0, 0.05) is 80.4 Å². The normalized spacial score (nSPS) is 15.2. The second-order valence-electron chi connectivity index (χ2n) is 22.8. The Morgan fingerprint density at radius 1 is 0.576 bits per heavy atom. The Morgan fingerprint density at radius 2 is 0.990 bits per heavy atom. The molecular formula is C65H75N17O12S5. The Balaban J connectivity index is 1.00. The van der Waals surface area contributed by atoms with Crippen LogP contribution in [0.5, 0.6) is 0 Å². The molecule has 5 heterocycles. The third kappa shape index (κ3) is 19.3. The van der Waals surface area contributed by atoms with Crippen LogP contribution in [0.25, 0.3) is 12.2 Å². The van der Waals surface area contributed by atoms with Crippen molar-refractivity contribution in [2.45, 2.75) is 93.8 Å². The van der Waals surface area contributed by atoms with Gasteiger partial charge in [0.25, 0.3) is 32.1 Å². The molecule has 99 heavy (non-hydrogen) atoms. The number of ether oxygens (including phenoxy) is 2. The van der Waals surface area contributed by atoms with Crippen LogP contribution < -0.4 is 40.9 Å². The molecule has 0 bridgehead atoms. The summed E-state index contributed by atoms with van der Waals surface area (Å²) in [6.45, 7) is 16.9. The Morgan fingerprint density at radius 3 is 1.37 bits per heavy atom. The molecule has 6 N–H and O–H groups in total. The lowest BCUT2D eigenvalue weighted by atomic mass is 10.0. The second-order valence-corrected chi connectivity index (χ2v) is 28.9. The van der Waals surface area contributed by atoms with Gasteiger partial charge in [-0.05, 0) is 139 Å². The molecule has 34 heteroatoms. The number of thiazole rings is 2. The summed E-state index contributed by atoms with van der Waals surface area (Å²) in [6.07, 6.45) is 8.07. The number of nitrogens with one attached hydrogen (secondary N) is 4. The van der Waals surface area contributed by atoms with E-state index < -0.39 is 53.4 Å². The van der Waals surface area contributed by atoms with Crippen molar-refractivity contribution in [3.63, 3.8) is 0 Å². The van der Waals surface area contributed by atoms with E-state index in [1.165, 1.54) is 62.4 Å². The molecule has 1 aliphatic carbocycles. The average molecular weight is 1450 g/mol. The van der Waals surface area contributed by atoms with Gasteiger partial charge >= 0.3 is 0 Å². The molecule has 0 spiro atoms. The van der Waals surface area contributed by atoms with Crippen LogP contribution in [0.2, 0.25) is 0 Å². The molecule has 0 unspecified atom stereocenters. The molecule has 7 aromatic rings. The molecule has 0 atom stereocenters. The van der Waals surface area contributed by atoms with Gasteiger partial charge in [-0.25, -0.2) is 0 Å². The van der Waals surface area contributed by atoms with E-state index in [1.54, 1.807) is 11.8 Å². The van der Waals surface area contributed by atoms with Crippen molar-refractivity contribution in [1.82, 2.24) is 24.9 Å². The molecule has 4 aromatic carbocycles. The highest BCUT2D eigenvalue weighted by molar-refractivity contribution is 7.99. The number of carbonyl (C=O) groups excluding carboxylic acids is 4. The zero-order valence-corrected chi connectivity index (χ0v) is 59.3. The maximum atomic E-state index is 13.8. The second kappa shape index (κ2) is 33.2. The number of thioether (sulfide) groups is 1. The van der Waals surface area contributed by atoms with Crippen molar-refractivity contribution >= 4 is 169 Å². The van der Waals surface area contributed by atoms with Gasteiger partial charge in [-0.1, -0.05) is 65.8 Å². The minimum absolute atomic E-state index is 0.0342. The Hall–Kier alpha value is -9.00. The molecule has 0 radical (unpaired) electrons. The molecule has 2 amide bonds. The third-order valence-corrected chi connectivity index (χ3v) is 20.7. The summed E-state index contributed by atoms with van der Waals surface area (Å²) >= 11 is 3.76. The maximum absolute atomic E-state index is 13.8. The van der Waals surface area contributed by atoms with E-state index in [0.29, 0.717) is 128 Å². The van der Waals surface area contributed by atoms with Crippen LogP contribution in [0.1, 0.15) is 83.4 Å². The van der Waals surface area contributed by atoms with Crippen molar-refractivity contribution in [2.75, 3.05) is 120 Å². The number of benzene rings is 4. The molecule has 2 aliphatic heterocycles. The van der Waals surface area contributed by atoms with Crippen molar-refractivity contribution in [3.05, 3.63) is 106 Å². The number of nitrogens with zero attached hydrogens (tertiary/aromatic N) is 13. The summed E-state index contributed by atoms with van der Waals surface area (Å²) in [5, 5.41) is 32.1. The monoisotopic (exact) mass is 1450 g/mol. The van der Waals surface area contributed by atoms with Crippen LogP contribution in [0, 0.1) is 0 Å². The summed E-state index contributed by atoms with van der Waals surface area (Å²) in [5.74, 6) is -1.56. The minimum atomic E-state index is -4.59. The topological polar surface area (TPSA) is 370 Å². The van der Waals surface area contributed by atoms with Crippen LogP contribution in [0.4, 0.5) is 79.3 Å². The van der Waals surface area contributed by atoms with E-state index in [4.69, 9.17) is 44.6 Å². The SMILES string of the molecule is CCN(CC)c1ccc(N=Nc2nc(N3CCOCC3)c(C=C(C(C)=O)C(=O)Nc3cccc(S(=O)(=O)O)c3)s2)c(Nc2nc(Nc3cc(N(CC)CC)ccc3N=Nc3nc(N4CCOCC4)c(C=C(C(C)=O)C(=O)Nc4cccc(S(=O)(=O)O)c4)s3)nc(SC3CCCCC3)n2)c1. The fourth-order valence-corrected chi connectivity index (χ4v) is 14.9. The quantitative estimate of drug-likeness (QED) is 0.00872. The highest BCUT2D eigenvalue weighted by atomic mass is 32.2. The molecule has 1 saturated carbocycles. The van der Waals surface area contributed by atoms with E-state index in [-0.39, 0.29) is 49.9 Å². The lowest BCUT2D eigenvalue weighted by Gasteiger charge is -2.27. The highest BCUT2D eigenvalue weighted by Crippen LogP contribution is 2.42. The number of Topliss-reactive ketones (excluding diaryl/α,β-unsaturated/α-hetero) is 2. The minimum Gasteiger partial charge on any atom is -0.378 e. The van der Waals surface area contributed by atoms with Crippen molar-refractivity contribution in [2.24, 2.45) is 20.5 Å². The Kier molecular flexibility index (Phi) is 24.4. The van der Waals surface area contributed by atoms with Gasteiger partial charge in [0.2, 0.25) is 22.2 Å². The molecular weight excluding hydrogens is 1370 g/mol. The van der Waals surface area contributed by atoms with Crippen LogP contribution in [-0.2, 0) is 48.9 Å². The van der Waals surface area contributed by atoms with Gasteiger partial charge in [-0.15, -0.1) is 20.5 Å². The molecule has 29 nitrogen and oxygen atoms in total. The summed E-state index contributed by atoms with van der Waals surface area (Å²) in [6, 6.07) is 21.4. The first-order valence-corrected chi connectivity index (χ1v) is 37.4. The highest BCUT2D eigenvalue weighted by Gasteiger charge is 2.27. The van der Waals surface area contributed by atoms with Crippen molar-refractivity contribution < 1.29 is 54.6 Å². The maximum Gasteiger partial charge on any atom is 0.294 e. The number of anilines is 10. The number of hydrogen-bond acceptors (Lipinski definition) is 28. The molecule has 3 aromatic heterocycles. The van der Waals surface area contributed by atoms with E-state index in [9.17, 15) is 45.1 Å². The zero-order chi connectivity index (χ0) is 70.4. The largest absolute Gasteiger partial charge is 0.378 e. The van der Waals surface area contributed by atoms with Crippen molar-refractivity contribution in [1.29, 1.82) is 0 Å². The van der Waals surface area contributed by atoms with Gasteiger partial charge in [0.05, 0.1) is 68.5 Å². The number of carbonyl (C=O) groups is 4. The first kappa shape index (κ1) is 72.7. The lowest BCUT2D eigenvalue weighted by Crippen LogP contribution is -2.36. The van der Waals surface area contributed by atoms with Gasteiger partial charge in [0.1, 0.15) is 23.0 Å². The molecule has 2 saturated heterocycles. The van der Waals surface area contributed by atoms with E-state index in [0.717, 1.165) is 78.3 Å². The number of azo groups is 2. The summed E-state index contributed by atoms with van der Waals surface area (Å²) in [5.41, 5.74) is 3.05. The Bertz CT molecular complexity index is 4210. The zero-order valence-electron chi connectivity index (χ0n) is 55.2. The fraction of sp³-hybridized carbons (Fsp3) is 0.369. The van der Waals surface area contributed by atoms with Gasteiger partial charge in [-0.2, -0.15) is 41.8 Å². The number of morpholine rings is 2. The lowest BCUT2D eigenvalue weighted by molar-refractivity contribution is -0.120. The molecule has 10 rings (SSSR count). The predicted molar refractivity (Wildman–Crippen MR) is 385 cm³/mol. The first-order valence-electron chi connectivity index (χ1n) is 32.0. The van der Waals surface area contributed by atoms with Gasteiger partial charge < -0.3 is 50.3 Å². The Labute approximate surface area is 585 Å². The molecule has 3 aliphatic rings. The fourth-order valence-electron chi connectivity index (χ4n) is 11.0. The number of ketones is 2. The van der Waals surface area contributed by atoms with Gasteiger partial charge in [0.15, 0.2) is 16.7 Å². The average Bonchev–Trinajstić information content (AvgIpc) is 1.79. The number of amides is 2. The van der Waals surface area contributed by atoms with Crippen molar-refractivity contribution in [3.8, 4) is 0 Å². The van der Waals surface area contributed by atoms with E-state index in [2.05, 4.69) is 69.0 Å². The number of rotatable bonds is 28. The third-order valence-electron chi connectivity index (χ3n) is 16.1. The van der Waals surface area contributed by atoms with Crippen LogP contribution >= 0.6 is 34.4 Å². The van der Waals surface area contributed by atoms with Gasteiger partial charge in [-0.3, -0.25) is 28.3 Å². The van der Waals surface area contributed by atoms with E-state index >= 15 is 0 Å². The van der Waals surface area contributed by atoms with Crippen LogP contribution in [0.15, 0.2) is 131 Å². The summed E-state index contributed by atoms with van der Waals surface area (Å²) in [7, 11) is -9.19. The number of aromatic nitrogens is 5. The first-order chi connectivity index (χ1) is 47.5. The van der Waals surface area contributed by atoms with Crippen LogP contribution in [-0.4, -0.2) is 158 Å². The summed E-state index contributed by atoms with van der Waals surface area (Å²) in [4.78, 5) is 87.1. The predicted octanol–water partition coefficient (Wildman–Crippen LogP) is 12.6.